The van der Waals surface area contributed by atoms with Crippen molar-refractivity contribution in [3.8, 4) is 0 Å². The lowest BCUT2D eigenvalue weighted by atomic mass is 10.1. The molecule has 0 heterocycles. The van der Waals surface area contributed by atoms with E-state index in [0.717, 1.165) is 23.7 Å². The van der Waals surface area contributed by atoms with Gasteiger partial charge in [-0.25, -0.2) is 4.39 Å². The fourth-order valence-corrected chi connectivity index (χ4v) is 3.27. The molecule has 0 aromatic heterocycles. The third-order valence-corrected chi connectivity index (χ3v) is 4.21. The smallest absolute Gasteiger partial charge is 0.129 e. The van der Waals surface area contributed by atoms with Crippen LogP contribution >= 0.6 is 15.9 Å². The summed E-state index contributed by atoms with van der Waals surface area (Å²) in [7, 11) is 2.07. The van der Waals surface area contributed by atoms with Crippen LogP contribution in [0.15, 0.2) is 18.2 Å². The molecule has 0 bridgehead atoms. The number of rotatable bonds is 4. The van der Waals surface area contributed by atoms with Crippen molar-refractivity contribution in [1.29, 1.82) is 0 Å². The topological polar surface area (TPSA) is 3.24 Å². The summed E-state index contributed by atoms with van der Waals surface area (Å²) < 4.78 is 13.7. The van der Waals surface area contributed by atoms with E-state index in [1.165, 1.54) is 31.7 Å². The molecule has 0 amide bonds. The van der Waals surface area contributed by atoms with Gasteiger partial charge in [0.2, 0.25) is 0 Å². The van der Waals surface area contributed by atoms with Crippen LogP contribution in [0.4, 0.5) is 10.1 Å². The van der Waals surface area contributed by atoms with E-state index in [1.54, 1.807) is 6.07 Å². The SMILES string of the molecule is CN(CC1CCCC1)c1cccc(F)c1CBr. The average Bonchev–Trinajstić information content (AvgIpc) is 2.81. The first kappa shape index (κ1) is 12.9. The monoisotopic (exact) mass is 299 g/mol. The van der Waals surface area contributed by atoms with Gasteiger partial charge in [0.05, 0.1) is 0 Å². The zero-order chi connectivity index (χ0) is 12.3. The van der Waals surface area contributed by atoms with Gasteiger partial charge in [0.1, 0.15) is 5.82 Å². The molecule has 1 aromatic carbocycles. The largest absolute Gasteiger partial charge is 0.374 e. The Morgan fingerprint density at radius 1 is 1.35 bits per heavy atom. The molecule has 3 heteroatoms. The van der Waals surface area contributed by atoms with Gasteiger partial charge in [0, 0.05) is 30.2 Å². The lowest BCUT2D eigenvalue weighted by molar-refractivity contribution is 0.545. The number of hydrogen-bond donors (Lipinski definition) is 0. The molecule has 1 aliphatic rings. The lowest BCUT2D eigenvalue weighted by Gasteiger charge is -2.25. The molecule has 1 saturated carbocycles. The van der Waals surface area contributed by atoms with E-state index in [4.69, 9.17) is 0 Å². The highest BCUT2D eigenvalue weighted by molar-refractivity contribution is 9.08. The van der Waals surface area contributed by atoms with Crippen molar-refractivity contribution in [2.75, 3.05) is 18.5 Å². The van der Waals surface area contributed by atoms with Crippen LogP contribution in [0.1, 0.15) is 31.2 Å². The summed E-state index contributed by atoms with van der Waals surface area (Å²) in [5.74, 6) is 0.670. The Kier molecular flexibility index (Phi) is 4.43. The van der Waals surface area contributed by atoms with E-state index in [0.29, 0.717) is 5.33 Å². The summed E-state index contributed by atoms with van der Waals surface area (Å²) in [4.78, 5) is 2.20. The Morgan fingerprint density at radius 3 is 2.71 bits per heavy atom. The van der Waals surface area contributed by atoms with Crippen molar-refractivity contribution in [2.24, 2.45) is 5.92 Å². The third kappa shape index (κ3) is 3.01. The minimum atomic E-state index is -0.113. The molecule has 0 radical (unpaired) electrons. The Balaban J connectivity index is 2.12. The van der Waals surface area contributed by atoms with Gasteiger partial charge < -0.3 is 4.90 Å². The van der Waals surface area contributed by atoms with Gasteiger partial charge in [-0.3, -0.25) is 0 Å². The zero-order valence-electron chi connectivity index (χ0n) is 10.3. The molecular formula is C14H19BrFN. The number of benzene rings is 1. The van der Waals surface area contributed by atoms with Crippen molar-refractivity contribution in [3.63, 3.8) is 0 Å². The van der Waals surface area contributed by atoms with Gasteiger partial charge in [-0.1, -0.05) is 34.8 Å². The average molecular weight is 300 g/mol. The number of anilines is 1. The van der Waals surface area contributed by atoms with E-state index in [2.05, 4.69) is 27.9 Å². The summed E-state index contributed by atoms with van der Waals surface area (Å²) in [6.45, 7) is 1.05. The number of hydrogen-bond acceptors (Lipinski definition) is 1. The molecule has 1 nitrogen and oxygen atoms in total. The van der Waals surface area contributed by atoms with Crippen molar-refractivity contribution in [3.05, 3.63) is 29.6 Å². The van der Waals surface area contributed by atoms with Crippen LogP contribution in [-0.2, 0) is 5.33 Å². The predicted octanol–water partition coefficient (Wildman–Crippen LogP) is 4.35. The van der Waals surface area contributed by atoms with Crippen LogP contribution in [0.2, 0.25) is 0 Å². The summed E-state index contributed by atoms with van der Waals surface area (Å²) in [5.41, 5.74) is 1.79. The molecule has 2 rings (SSSR count). The Hall–Kier alpha value is -0.570. The van der Waals surface area contributed by atoms with Gasteiger partial charge in [0.15, 0.2) is 0 Å². The quantitative estimate of drug-likeness (QED) is 0.747. The first-order chi connectivity index (χ1) is 8.22. The second-order valence-corrected chi connectivity index (χ2v) is 5.46. The molecule has 1 fully saturated rings. The number of alkyl halides is 1. The summed E-state index contributed by atoms with van der Waals surface area (Å²) >= 11 is 3.37. The second-order valence-electron chi connectivity index (χ2n) is 4.90. The van der Waals surface area contributed by atoms with E-state index in [9.17, 15) is 4.39 Å². The molecule has 17 heavy (non-hydrogen) atoms. The zero-order valence-corrected chi connectivity index (χ0v) is 11.8. The molecule has 94 valence electrons. The van der Waals surface area contributed by atoms with Crippen LogP contribution in [0.25, 0.3) is 0 Å². The maximum absolute atomic E-state index is 13.7. The predicted molar refractivity (Wildman–Crippen MR) is 74.3 cm³/mol. The molecular weight excluding hydrogens is 281 g/mol. The van der Waals surface area contributed by atoms with Gasteiger partial charge in [0.25, 0.3) is 0 Å². The molecule has 0 unspecified atom stereocenters. The molecule has 1 aliphatic carbocycles. The Morgan fingerprint density at radius 2 is 2.06 bits per heavy atom. The summed E-state index contributed by atoms with van der Waals surface area (Å²) in [6, 6.07) is 5.33. The Bertz CT molecular complexity index is 374. The van der Waals surface area contributed by atoms with Crippen molar-refractivity contribution >= 4 is 21.6 Å². The maximum atomic E-state index is 13.7. The van der Waals surface area contributed by atoms with Crippen LogP contribution in [0.3, 0.4) is 0 Å². The van der Waals surface area contributed by atoms with Crippen LogP contribution < -0.4 is 4.90 Å². The van der Waals surface area contributed by atoms with E-state index >= 15 is 0 Å². The van der Waals surface area contributed by atoms with Crippen LogP contribution in [0, 0.1) is 11.7 Å². The normalized spacial score (nSPS) is 16.4. The highest BCUT2D eigenvalue weighted by Gasteiger charge is 2.18. The molecule has 1 aromatic rings. The van der Waals surface area contributed by atoms with Crippen molar-refractivity contribution < 1.29 is 4.39 Å². The fourth-order valence-electron chi connectivity index (χ4n) is 2.72. The highest BCUT2D eigenvalue weighted by atomic mass is 79.9. The van der Waals surface area contributed by atoms with E-state index in [-0.39, 0.29) is 5.82 Å². The van der Waals surface area contributed by atoms with Gasteiger partial charge in [-0.2, -0.15) is 0 Å². The van der Waals surface area contributed by atoms with E-state index < -0.39 is 0 Å². The van der Waals surface area contributed by atoms with Crippen molar-refractivity contribution in [2.45, 2.75) is 31.0 Å². The lowest BCUT2D eigenvalue weighted by Crippen LogP contribution is -2.25. The second kappa shape index (κ2) is 5.85. The summed E-state index contributed by atoms with van der Waals surface area (Å²) in [6.07, 6.45) is 5.35. The number of halogens is 2. The van der Waals surface area contributed by atoms with Gasteiger partial charge in [-0.05, 0) is 30.9 Å². The molecule has 0 N–H and O–H groups in total. The van der Waals surface area contributed by atoms with Crippen LogP contribution in [0.5, 0.6) is 0 Å². The first-order valence-corrected chi connectivity index (χ1v) is 7.39. The maximum Gasteiger partial charge on any atom is 0.129 e. The molecule has 0 saturated heterocycles. The standard InChI is InChI=1S/C14H19BrFN/c1-17(10-11-5-2-3-6-11)14-8-4-7-13(16)12(14)9-15/h4,7-8,11H,2-3,5-6,9-10H2,1H3. The van der Waals surface area contributed by atoms with Crippen LogP contribution in [-0.4, -0.2) is 13.6 Å². The number of nitrogens with zero attached hydrogens (tertiary/aromatic N) is 1. The minimum Gasteiger partial charge on any atom is -0.374 e. The first-order valence-electron chi connectivity index (χ1n) is 6.27. The third-order valence-electron chi connectivity index (χ3n) is 3.65. The van der Waals surface area contributed by atoms with Gasteiger partial charge >= 0.3 is 0 Å². The molecule has 0 atom stereocenters. The molecule has 0 aliphatic heterocycles. The van der Waals surface area contributed by atoms with Gasteiger partial charge in [-0.15, -0.1) is 0 Å². The molecule has 0 spiro atoms. The fraction of sp³-hybridized carbons (Fsp3) is 0.571. The highest BCUT2D eigenvalue weighted by Crippen LogP contribution is 2.29. The van der Waals surface area contributed by atoms with E-state index in [1.807, 2.05) is 6.07 Å². The summed E-state index contributed by atoms with van der Waals surface area (Å²) in [5, 5.41) is 0.573. The minimum absolute atomic E-state index is 0.113. The Labute approximate surface area is 111 Å². The van der Waals surface area contributed by atoms with Crippen molar-refractivity contribution in [1.82, 2.24) is 0 Å².